The molecule has 220 valence electrons. The number of nitrogens with zero attached hydrogens (tertiary/aromatic N) is 1. The predicted octanol–water partition coefficient (Wildman–Crippen LogP) is 8.00. The van der Waals surface area contributed by atoms with Gasteiger partial charge in [-0.05, 0) is 77.4 Å². The fraction of sp³-hybridized carbons (Fsp3) is 0.179. The second-order valence-electron chi connectivity index (χ2n) is 11.5. The van der Waals surface area contributed by atoms with Crippen molar-refractivity contribution >= 4 is 28.8 Å². The van der Waals surface area contributed by atoms with Crippen LogP contribution in [0.15, 0.2) is 133 Å². The lowest BCUT2D eigenvalue weighted by Gasteiger charge is -2.37. The number of hydrogen-bond acceptors (Lipinski definition) is 4. The van der Waals surface area contributed by atoms with E-state index in [-0.39, 0.29) is 23.5 Å². The van der Waals surface area contributed by atoms with Gasteiger partial charge in [0.05, 0.1) is 5.92 Å². The second kappa shape index (κ2) is 13.4. The van der Waals surface area contributed by atoms with E-state index in [9.17, 15) is 9.59 Å². The zero-order valence-electron chi connectivity index (χ0n) is 24.7. The molecule has 6 rings (SSSR count). The van der Waals surface area contributed by atoms with Crippen LogP contribution in [-0.4, -0.2) is 24.8 Å². The lowest BCUT2D eigenvalue weighted by molar-refractivity contribution is -0.118. The summed E-state index contributed by atoms with van der Waals surface area (Å²) in [4.78, 5) is 29.3. The molecular formula is C39H37N3O2. The van der Waals surface area contributed by atoms with Gasteiger partial charge in [0.25, 0.3) is 0 Å². The summed E-state index contributed by atoms with van der Waals surface area (Å²) in [6.45, 7) is 1.75. The predicted molar refractivity (Wildman–Crippen MR) is 180 cm³/mol. The number of Topliss-reactive ketones (excluding diaryl/α,β-unsaturated/α-hetero) is 1. The highest BCUT2D eigenvalue weighted by Crippen LogP contribution is 2.35. The highest BCUT2D eigenvalue weighted by atomic mass is 16.2. The third-order valence-corrected chi connectivity index (χ3v) is 8.58. The van der Waals surface area contributed by atoms with Gasteiger partial charge in [0.1, 0.15) is 0 Å². The molecule has 0 saturated carbocycles. The first kappa shape index (κ1) is 28.9. The van der Waals surface area contributed by atoms with Gasteiger partial charge in [-0.2, -0.15) is 0 Å². The second-order valence-corrected chi connectivity index (χ2v) is 11.5. The van der Waals surface area contributed by atoms with Crippen LogP contribution in [-0.2, 0) is 11.2 Å². The maximum atomic E-state index is 13.6. The molecule has 5 aromatic carbocycles. The molecule has 1 saturated heterocycles. The third-order valence-electron chi connectivity index (χ3n) is 8.58. The highest BCUT2D eigenvalue weighted by Gasteiger charge is 2.33. The molecule has 0 aromatic heterocycles. The maximum Gasteiger partial charge on any atom is 0.232 e. The quantitative estimate of drug-likeness (QED) is 0.137. The van der Waals surface area contributed by atoms with Crippen LogP contribution in [0.2, 0.25) is 0 Å². The topological polar surface area (TPSA) is 75.4 Å². The Morgan fingerprint density at radius 3 is 2.11 bits per heavy atom. The van der Waals surface area contributed by atoms with Crippen molar-refractivity contribution in [3.05, 3.63) is 150 Å². The summed E-state index contributed by atoms with van der Waals surface area (Å²) < 4.78 is 0. The standard InChI is InChI=1S/C39H37N3O2/c40-32-13-9-12-31(27-32)35-16-7-8-17-36(35)37(43)26-28-18-20-34(21-19-28)42-24-22-30(23-25-42)38(29-10-3-1-4-11-29)39(44)41-33-14-5-2-6-15-33/h1-21,27,30,38H,22-26,40H2,(H,41,44). The molecule has 1 fully saturated rings. The van der Waals surface area contributed by atoms with Crippen molar-refractivity contribution in [1.82, 2.24) is 0 Å². The minimum atomic E-state index is -0.206. The number of nitrogens with one attached hydrogen (secondary N) is 1. The third kappa shape index (κ3) is 6.73. The molecule has 1 atom stereocenters. The Kier molecular flexibility index (Phi) is 8.83. The van der Waals surface area contributed by atoms with E-state index in [2.05, 4.69) is 46.6 Å². The van der Waals surface area contributed by atoms with Crippen molar-refractivity contribution in [1.29, 1.82) is 0 Å². The van der Waals surface area contributed by atoms with E-state index < -0.39 is 0 Å². The smallest absolute Gasteiger partial charge is 0.232 e. The molecule has 1 aliphatic heterocycles. The molecule has 3 N–H and O–H groups in total. The lowest BCUT2D eigenvalue weighted by atomic mass is 9.79. The van der Waals surface area contributed by atoms with E-state index >= 15 is 0 Å². The minimum Gasteiger partial charge on any atom is -0.399 e. The van der Waals surface area contributed by atoms with Crippen molar-refractivity contribution in [3.63, 3.8) is 0 Å². The van der Waals surface area contributed by atoms with Gasteiger partial charge in [0, 0.05) is 42.1 Å². The lowest BCUT2D eigenvalue weighted by Crippen LogP contribution is -2.38. The Morgan fingerprint density at radius 2 is 1.41 bits per heavy atom. The van der Waals surface area contributed by atoms with Gasteiger partial charge < -0.3 is 16.0 Å². The number of amides is 1. The number of para-hydroxylation sites is 1. The summed E-state index contributed by atoms with van der Waals surface area (Å²) in [5.41, 5.74) is 13.2. The van der Waals surface area contributed by atoms with Crippen molar-refractivity contribution in [2.45, 2.75) is 25.2 Å². The molecule has 5 heteroatoms. The summed E-state index contributed by atoms with van der Waals surface area (Å²) in [5.74, 6) is 0.168. The number of carbonyl (C=O) groups excluding carboxylic acids is 2. The number of anilines is 3. The number of hydrogen-bond donors (Lipinski definition) is 2. The molecule has 1 amide bonds. The first-order valence-corrected chi connectivity index (χ1v) is 15.3. The van der Waals surface area contributed by atoms with Crippen molar-refractivity contribution < 1.29 is 9.59 Å². The van der Waals surface area contributed by atoms with Gasteiger partial charge in [-0.15, -0.1) is 0 Å². The van der Waals surface area contributed by atoms with Crippen molar-refractivity contribution in [3.8, 4) is 11.1 Å². The molecule has 0 spiro atoms. The first-order chi connectivity index (χ1) is 21.5. The van der Waals surface area contributed by atoms with Gasteiger partial charge in [0.2, 0.25) is 5.91 Å². The molecule has 0 bridgehead atoms. The summed E-state index contributed by atoms with van der Waals surface area (Å²) in [5, 5.41) is 3.14. The van der Waals surface area contributed by atoms with Crippen LogP contribution in [0.25, 0.3) is 11.1 Å². The summed E-state index contributed by atoms with van der Waals surface area (Å²) in [6.07, 6.45) is 2.17. The Balaban J connectivity index is 1.11. The normalized spacial score (nSPS) is 14.1. The molecular weight excluding hydrogens is 542 g/mol. The van der Waals surface area contributed by atoms with Crippen LogP contribution in [0.5, 0.6) is 0 Å². The van der Waals surface area contributed by atoms with Crippen LogP contribution in [0.4, 0.5) is 17.1 Å². The number of carbonyl (C=O) groups is 2. The fourth-order valence-corrected chi connectivity index (χ4v) is 6.32. The average molecular weight is 580 g/mol. The number of rotatable bonds is 9. The molecule has 1 heterocycles. The van der Waals surface area contributed by atoms with Crippen LogP contribution in [0.1, 0.15) is 40.2 Å². The number of nitrogens with two attached hydrogens (primary N) is 1. The van der Waals surface area contributed by atoms with E-state index in [1.807, 2.05) is 97.1 Å². The van der Waals surface area contributed by atoms with E-state index in [1.165, 1.54) is 0 Å². The molecule has 0 radical (unpaired) electrons. The van der Waals surface area contributed by atoms with Gasteiger partial charge in [-0.3, -0.25) is 9.59 Å². The number of benzene rings is 5. The number of piperidine rings is 1. The number of ketones is 1. The molecule has 1 unspecified atom stereocenters. The van der Waals surface area contributed by atoms with Crippen LogP contribution in [0, 0.1) is 5.92 Å². The zero-order valence-corrected chi connectivity index (χ0v) is 24.7. The Bertz CT molecular complexity index is 1710. The van der Waals surface area contributed by atoms with Crippen LogP contribution >= 0.6 is 0 Å². The summed E-state index contributed by atoms with van der Waals surface area (Å²) >= 11 is 0. The highest BCUT2D eigenvalue weighted by molar-refractivity contribution is 6.03. The van der Waals surface area contributed by atoms with E-state index in [4.69, 9.17) is 5.73 Å². The van der Waals surface area contributed by atoms with E-state index in [1.54, 1.807) is 0 Å². The summed E-state index contributed by atoms with van der Waals surface area (Å²) in [7, 11) is 0. The molecule has 5 aromatic rings. The Morgan fingerprint density at radius 1 is 0.750 bits per heavy atom. The molecule has 0 aliphatic carbocycles. The molecule has 44 heavy (non-hydrogen) atoms. The Labute approximate surface area is 259 Å². The Hall–Kier alpha value is -5.16. The van der Waals surface area contributed by atoms with E-state index in [0.29, 0.717) is 17.7 Å². The monoisotopic (exact) mass is 579 g/mol. The maximum absolute atomic E-state index is 13.6. The fourth-order valence-electron chi connectivity index (χ4n) is 6.32. The molecule has 1 aliphatic rings. The van der Waals surface area contributed by atoms with Gasteiger partial charge in [-0.1, -0.05) is 97.1 Å². The first-order valence-electron chi connectivity index (χ1n) is 15.3. The van der Waals surface area contributed by atoms with Crippen molar-refractivity contribution in [2.75, 3.05) is 29.0 Å². The van der Waals surface area contributed by atoms with Gasteiger partial charge in [-0.25, -0.2) is 0 Å². The van der Waals surface area contributed by atoms with Gasteiger partial charge in [0.15, 0.2) is 5.78 Å². The minimum absolute atomic E-state index is 0.0483. The van der Waals surface area contributed by atoms with Crippen molar-refractivity contribution in [2.24, 2.45) is 5.92 Å². The van der Waals surface area contributed by atoms with Crippen LogP contribution in [0.3, 0.4) is 0 Å². The van der Waals surface area contributed by atoms with Gasteiger partial charge >= 0.3 is 0 Å². The number of nitrogen functional groups attached to an aromatic ring is 1. The van der Waals surface area contributed by atoms with Crippen LogP contribution < -0.4 is 16.0 Å². The SMILES string of the molecule is Nc1cccc(-c2ccccc2C(=O)Cc2ccc(N3CCC(C(C(=O)Nc4ccccc4)c4ccccc4)CC3)cc2)c1. The largest absolute Gasteiger partial charge is 0.399 e. The average Bonchev–Trinajstić information content (AvgIpc) is 3.06. The summed E-state index contributed by atoms with van der Waals surface area (Å²) in [6, 6.07) is 43.5. The molecule has 5 nitrogen and oxygen atoms in total. The zero-order chi connectivity index (χ0) is 30.3. The van der Waals surface area contributed by atoms with E-state index in [0.717, 1.165) is 59.6 Å².